The molecule has 238 valence electrons. The third-order valence-corrected chi connectivity index (χ3v) is 10.6. The molecule has 4 aliphatic carbocycles. The highest BCUT2D eigenvalue weighted by Gasteiger charge is 2.55. The van der Waals surface area contributed by atoms with Gasteiger partial charge in [0.05, 0.1) is 6.20 Å². The second-order valence-corrected chi connectivity index (χ2v) is 13.9. The van der Waals surface area contributed by atoms with E-state index in [1.165, 1.54) is 76.4 Å². The predicted molar refractivity (Wildman–Crippen MR) is 163 cm³/mol. The highest BCUT2D eigenvalue weighted by atomic mass is 19.4. The molecule has 2 heterocycles. The first kappa shape index (κ1) is 30.9. The summed E-state index contributed by atoms with van der Waals surface area (Å²) >= 11 is 0. The molecule has 4 bridgehead atoms. The molecular formula is C33H44F3N7O. The molecule has 1 aromatic carbocycles. The number of rotatable bonds is 11. The minimum atomic E-state index is -4.78. The molecule has 1 aromatic heterocycles. The van der Waals surface area contributed by atoms with Crippen LogP contribution in [0.25, 0.3) is 0 Å². The number of nitrogens with zero attached hydrogens (tertiary/aromatic N) is 4. The lowest BCUT2D eigenvalue weighted by Crippen LogP contribution is -2.60. The van der Waals surface area contributed by atoms with E-state index in [2.05, 4.69) is 55.5 Å². The van der Waals surface area contributed by atoms with Crippen molar-refractivity contribution in [2.24, 2.45) is 29.1 Å². The summed E-state index contributed by atoms with van der Waals surface area (Å²) in [5, 5.41) is 20.3. The molecule has 2 aromatic rings. The van der Waals surface area contributed by atoms with Gasteiger partial charge in [-0.15, -0.1) is 13.2 Å². The van der Waals surface area contributed by atoms with Crippen molar-refractivity contribution in [2.75, 3.05) is 36.8 Å². The van der Waals surface area contributed by atoms with Crippen molar-refractivity contribution in [3.8, 4) is 11.8 Å². The number of ether oxygens (including phenoxy) is 1. The zero-order valence-corrected chi connectivity index (χ0v) is 25.7. The van der Waals surface area contributed by atoms with E-state index in [0.717, 1.165) is 24.9 Å². The van der Waals surface area contributed by atoms with Crippen LogP contribution in [-0.4, -0.2) is 59.5 Å². The van der Waals surface area contributed by atoms with Crippen molar-refractivity contribution in [3.05, 3.63) is 41.6 Å². The Bertz CT molecular complexity index is 1320. The number of piperidine rings is 1. The number of benzene rings is 1. The van der Waals surface area contributed by atoms with Crippen LogP contribution in [0.2, 0.25) is 0 Å². The lowest BCUT2D eigenvalue weighted by molar-refractivity contribution is -0.274. The third-order valence-electron chi connectivity index (χ3n) is 10.6. The number of anilines is 2. The van der Waals surface area contributed by atoms with Gasteiger partial charge < -0.3 is 25.6 Å². The highest BCUT2D eigenvalue weighted by Crippen LogP contribution is 2.60. The molecule has 44 heavy (non-hydrogen) atoms. The first-order chi connectivity index (χ1) is 21.1. The molecule has 3 N–H and O–H groups in total. The number of hydrogen-bond acceptors (Lipinski definition) is 8. The molecule has 5 aliphatic rings. The molecule has 11 heteroatoms. The van der Waals surface area contributed by atoms with Gasteiger partial charge in [-0.1, -0.05) is 18.2 Å². The quantitative estimate of drug-likeness (QED) is 0.277. The van der Waals surface area contributed by atoms with Crippen LogP contribution in [0.3, 0.4) is 0 Å². The highest BCUT2D eigenvalue weighted by molar-refractivity contribution is 5.53. The molecule has 7 rings (SSSR count). The first-order valence-corrected chi connectivity index (χ1v) is 16.2. The van der Waals surface area contributed by atoms with Crippen LogP contribution in [0.15, 0.2) is 30.5 Å². The Kier molecular flexibility index (Phi) is 8.93. The van der Waals surface area contributed by atoms with Gasteiger partial charge in [0.2, 0.25) is 5.95 Å². The molecule has 0 amide bonds. The Balaban J connectivity index is 1.06. The number of hydrogen-bond donors (Lipinski definition) is 3. The number of nitrogens with one attached hydrogen (secondary N) is 3. The maximum Gasteiger partial charge on any atom is 0.573 e. The standard InChI is InChI=1S/C33H44F3N7O/c1-21(2)43-9-7-22(8-10-43)17-38-29-25-11-23-12-26(29)15-32(13-23,14-25)20-41-30-27(16-37)19-40-31(42-30)39-18-24-5-3-4-6-28(24)44-33(34,35)36/h3-6,19,21-23,25-26,29,38H,7-15,17-18,20H2,1-2H3,(H2,39,40,41,42)/t23?,25-,26+,29?,32?. The molecule has 3 unspecified atom stereocenters. The van der Waals surface area contributed by atoms with E-state index in [1.807, 2.05) is 0 Å². The van der Waals surface area contributed by atoms with Crippen LogP contribution in [0, 0.1) is 40.4 Å². The van der Waals surface area contributed by atoms with Gasteiger partial charge in [0.25, 0.3) is 0 Å². The summed E-state index contributed by atoms with van der Waals surface area (Å²) in [6.45, 7) is 8.94. The van der Waals surface area contributed by atoms with Crippen molar-refractivity contribution in [2.45, 2.75) is 83.8 Å². The zero-order valence-electron chi connectivity index (χ0n) is 25.7. The molecule has 5 atom stereocenters. The summed E-state index contributed by atoms with van der Waals surface area (Å²) in [7, 11) is 0. The van der Waals surface area contributed by atoms with Crippen LogP contribution in [0.1, 0.15) is 69.9 Å². The average molecular weight is 612 g/mol. The second kappa shape index (κ2) is 12.7. The summed E-state index contributed by atoms with van der Waals surface area (Å²) in [6.07, 6.45) is 5.45. The fourth-order valence-corrected chi connectivity index (χ4v) is 8.72. The van der Waals surface area contributed by atoms with Crippen molar-refractivity contribution in [3.63, 3.8) is 0 Å². The van der Waals surface area contributed by atoms with E-state index in [0.29, 0.717) is 40.9 Å². The Morgan fingerprint density at radius 3 is 2.50 bits per heavy atom. The van der Waals surface area contributed by atoms with Gasteiger partial charge in [-0.2, -0.15) is 10.2 Å². The summed E-state index contributed by atoms with van der Waals surface area (Å²) in [6, 6.07) is 9.40. The lowest BCUT2D eigenvalue weighted by Gasteiger charge is -2.60. The van der Waals surface area contributed by atoms with Gasteiger partial charge in [-0.3, -0.25) is 0 Å². The Morgan fingerprint density at radius 2 is 1.82 bits per heavy atom. The average Bonchev–Trinajstić information content (AvgIpc) is 2.98. The van der Waals surface area contributed by atoms with Crippen molar-refractivity contribution >= 4 is 11.8 Å². The second-order valence-electron chi connectivity index (χ2n) is 13.9. The molecule has 0 spiro atoms. The summed E-state index contributed by atoms with van der Waals surface area (Å²) in [5.41, 5.74) is 0.866. The number of likely N-dealkylation sites (tertiary alicyclic amines) is 1. The van der Waals surface area contributed by atoms with Crippen LogP contribution >= 0.6 is 0 Å². The van der Waals surface area contributed by atoms with Crippen LogP contribution < -0.4 is 20.7 Å². The molecule has 0 radical (unpaired) electrons. The minimum Gasteiger partial charge on any atom is -0.405 e. The van der Waals surface area contributed by atoms with Crippen LogP contribution in [0.4, 0.5) is 24.9 Å². The van der Waals surface area contributed by atoms with Crippen molar-refractivity contribution in [1.82, 2.24) is 20.2 Å². The van der Waals surface area contributed by atoms with Gasteiger partial charge in [0.1, 0.15) is 23.2 Å². The fourth-order valence-electron chi connectivity index (χ4n) is 8.72. The maximum absolute atomic E-state index is 12.8. The van der Waals surface area contributed by atoms with Gasteiger partial charge in [0, 0.05) is 30.7 Å². The van der Waals surface area contributed by atoms with Gasteiger partial charge in [-0.25, -0.2) is 4.98 Å². The molecule has 8 nitrogen and oxygen atoms in total. The van der Waals surface area contributed by atoms with Crippen molar-refractivity contribution in [1.29, 1.82) is 5.26 Å². The van der Waals surface area contributed by atoms with E-state index >= 15 is 0 Å². The number of aromatic nitrogens is 2. The molecule has 1 saturated heterocycles. The third kappa shape index (κ3) is 7.07. The van der Waals surface area contributed by atoms with Gasteiger partial charge in [0.15, 0.2) is 0 Å². The van der Waals surface area contributed by atoms with E-state index in [-0.39, 0.29) is 23.7 Å². The van der Waals surface area contributed by atoms with Crippen LogP contribution in [-0.2, 0) is 6.54 Å². The van der Waals surface area contributed by atoms with E-state index < -0.39 is 6.36 Å². The Hall–Kier alpha value is -3.10. The summed E-state index contributed by atoms with van der Waals surface area (Å²) < 4.78 is 42.7. The van der Waals surface area contributed by atoms with Gasteiger partial charge in [-0.05, 0) is 114 Å². The topological polar surface area (TPSA) is 98.1 Å². The number of nitriles is 1. The lowest BCUT2D eigenvalue weighted by atomic mass is 9.48. The first-order valence-electron chi connectivity index (χ1n) is 16.2. The van der Waals surface area contributed by atoms with Crippen LogP contribution in [0.5, 0.6) is 5.75 Å². The normalized spacial score (nSPS) is 28.7. The molecular weight excluding hydrogens is 567 g/mol. The van der Waals surface area contributed by atoms with E-state index in [9.17, 15) is 18.4 Å². The number of para-hydroxylation sites is 1. The maximum atomic E-state index is 12.8. The zero-order chi connectivity index (χ0) is 30.9. The smallest absolute Gasteiger partial charge is 0.405 e. The fraction of sp³-hybridized carbons (Fsp3) is 0.667. The van der Waals surface area contributed by atoms with E-state index in [4.69, 9.17) is 0 Å². The predicted octanol–water partition coefficient (Wildman–Crippen LogP) is 6.18. The number of alkyl halides is 3. The summed E-state index contributed by atoms with van der Waals surface area (Å²) in [4.78, 5) is 11.4. The summed E-state index contributed by atoms with van der Waals surface area (Å²) in [5.74, 6) is 3.34. The Morgan fingerprint density at radius 1 is 1.09 bits per heavy atom. The van der Waals surface area contributed by atoms with Gasteiger partial charge >= 0.3 is 6.36 Å². The van der Waals surface area contributed by atoms with Crippen molar-refractivity contribution < 1.29 is 17.9 Å². The SMILES string of the molecule is CC(C)N1CCC(CNC2[C@@H]3CC4C[C@H]2CC(CNc2nc(NCc5ccccc5OC(F)(F)F)ncc2C#N)(C4)C3)CC1. The minimum absolute atomic E-state index is 0.0395. The largest absolute Gasteiger partial charge is 0.573 e. The monoisotopic (exact) mass is 611 g/mol. The molecule has 5 fully saturated rings. The Labute approximate surface area is 258 Å². The molecule has 4 saturated carbocycles. The number of halogens is 3. The van der Waals surface area contributed by atoms with E-state index in [1.54, 1.807) is 12.1 Å². The molecule has 1 aliphatic heterocycles.